The second-order valence-corrected chi connectivity index (χ2v) is 9.35. The normalized spacial score (nSPS) is 10.7. The second kappa shape index (κ2) is 14.2. The Morgan fingerprint density at radius 2 is 1.54 bits per heavy atom. The standard InChI is InChI=1S/C31H26Cl2N2O6/c1-3-39-29-16-20(4-15-28(29)41-31(37)22-8-11-25(38-2)12-9-22)18-34-35-30(36)21-6-13-26(14-7-21)40-19-23-5-10-24(32)17-27(23)33/h4-18H,3,19H2,1-2H3,(H,35,36)/b34-18-. The summed E-state index contributed by atoms with van der Waals surface area (Å²) in [5, 5.41) is 5.10. The first-order valence-electron chi connectivity index (χ1n) is 12.5. The number of ether oxygens (including phenoxy) is 4. The minimum Gasteiger partial charge on any atom is -0.497 e. The van der Waals surface area contributed by atoms with Crippen molar-refractivity contribution in [3.05, 3.63) is 117 Å². The van der Waals surface area contributed by atoms with Crippen LogP contribution >= 0.6 is 23.2 Å². The van der Waals surface area contributed by atoms with Crippen LogP contribution in [0, 0.1) is 0 Å². The van der Waals surface area contributed by atoms with Crippen molar-refractivity contribution in [1.82, 2.24) is 5.43 Å². The van der Waals surface area contributed by atoms with Crippen molar-refractivity contribution in [2.45, 2.75) is 13.5 Å². The SMILES string of the molecule is CCOc1cc(/C=N\NC(=O)c2ccc(OCc3ccc(Cl)cc3Cl)cc2)ccc1OC(=O)c1ccc(OC)cc1. The van der Waals surface area contributed by atoms with Crippen molar-refractivity contribution >= 4 is 41.3 Å². The molecule has 210 valence electrons. The average molecular weight is 593 g/mol. The van der Waals surface area contributed by atoms with Crippen LogP contribution in [0.4, 0.5) is 0 Å². The number of methoxy groups -OCH3 is 1. The summed E-state index contributed by atoms with van der Waals surface area (Å²) in [5.74, 6) is 0.896. The first-order chi connectivity index (χ1) is 19.9. The predicted octanol–water partition coefficient (Wildman–Crippen LogP) is 6.96. The highest BCUT2D eigenvalue weighted by molar-refractivity contribution is 6.35. The lowest BCUT2D eigenvalue weighted by Crippen LogP contribution is -2.17. The van der Waals surface area contributed by atoms with Crippen molar-refractivity contribution < 1.29 is 28.5 Å². The van der Waals surface area contributed by atoms with E-state index in [1.807, 2.05) is 6.92 Å². The molecule has 8 nitrogen and oxygen atoms in total. The first-order valence-corrected chi connectivity index (χ1v) is 13.2. The molecule has 10 heteroatoms. The lowest BCUT2D eigenvalue weighted by atomic mass is 10.2. The monoisotopic (exact) mass is 592 g/mol. The molecule has 0 aromatic heterocycles. The van der Waals surface area contributed by atoms with Crippen molar-refractivity contribution in [2.75, 3.05) is 13.7 Å². The molecule has 0 bridgehead atoms. The molecule has 0 aliphatic carbocycles. The zero-order valence-corrected chi connectivity index (χ0v) is 23.7. The van der Waals surface area contributed by atoms with E-state index in [0.29, 0.717) is 50.6 Å². The minimum atomic E-state index is -0.535. The van der Waals surface area contributed by atoms with Gasteiger partial charge in [-0.1, -0.05) is 29.3 Å². The van der Waals surface area contributed by atoms with Gasteiger partial charge < -0.3 is 18.9 Å². The van der Waals surface area contributed by atoms with E-state index < -0.39 is 11.9 Å². The number of carbonyl (C=O) groups is 2. The number of nitrogens with one attached hydrogen (secondary N) is 1. The maximum Gasteiger partial charge on any atom is 0.343 e. The van der Waals surface area contributed by atoms with Gasteiger partial charge in [0.05, 0.1) is 25.5 Å². The summed E-state index contributed by atoms with van der Waals surface area (Å²) in [6.45, 7) is 2.44. The van der Waals surface area contributed by atoms with E-state index in [-0.39, 0.29) is 12.4 Å². The molecule has 0 aliphatic heterocycles. The van der Waals surface area contributed by atoms with Gasteiger partial charge in [0.2, 0.25) is 0 Å². The van der Waals surface area contributed by atoms with Gasteiger partial charge in [0.1, 0.15) is 18.1 Å². The summed E-state index contributed by atoms with van der Waals surface area (Å²) in [5.41, 5.74) is 4.68. The highest BCUT2D eigenvalue weighted by atomic mass is 35.5. The van der Waals surface area contributed by atoms with Gasteiger partial charge in [0, 0.05) is 21.2 Å². The van der Waals surface area contributed by atoms with Crippen LogP contribution < -0.4 is 24.4 Å². The number of esters is 1. The quantitative estimate of drug-likeness (QED) is 0.0875. The van der Waals surface area contributed by atoms with Gasteiger partial charge in [-0.05, 0) is 91.3 Å². The fourth-order valence-electron chi connectivity index (χ4n) is 3.58. The van der Waals surface area contributed by atoms with E-state index in [2.05, 4.69) is 10.5 Å². The van der Waals surface area contributed by atoms with E-state index in [1.54, 1.807) is 92.0 Å². The molecule has 0 atom stereocenters. The van der Waals surface area contributed by atoms with Crippen LogP contribution in [0.2, 0.25) is 10.0 Å². The zero-order valence-electron chi connectivity index (χ0n) is 22.2. The van der Waals surface area contributed by atoms with Gasteiger partial charge in [-0.25, -0.2) is 10.2 Å². The first kappa shape index (κ1) is 29.5. The number of rotatable bonds is 11. The van der Waals surface area contributed by atoms with Gasteiger partial charge in [-0.15, -0.1) is 0 Å². The Morgan fingerprint density at radius 3 is 2.22 bits per heavy atom. The van der Waals surface area contributed by atoms with E-state index in [4.69, 9.17) is 42.1 Å². The number of benzene rings is 4. The molecule has 1 amide bonds. The van der Waals surface area contributed by atoms with E-state index in [9.17, 15) is 9.59 Å². The molecule has 4 aromatic rings. The van der Waals surface area contributed by atoms with Crippen molar-refractivity contribution in [1.29, 1.82) is 0 Å². The van der Waals surface area contributed by atoms with E-state index in [0.717, 1.165) is 5.56 Å². The summed E-state index contributed by atoms with van der Waals surface area (Å²) >= 11 is 12.1. The molecule has 41 heavy (non-hydrogen) atoms. The molecule has 0 saturated heterocycles. The highest BCUT2D eigenvalue weighted by Gasteiger charge is 2.14. The Bertz CT molecular complexity index is 1540. The molecule has 0 spiro atoms. The molecule has 0 unspecified atom stereocenters. The minimum absolute atomic E-state index is 0.259. The Morgan fingerprint density at radius 1 is 0.829 bits per heavy atom. The third-order valence-electron chi connectivity index (χ3n) is 5.70. The summed E-state index contributed by atoms with van der Waals surface area (Å²) in [4.78, 5) is 25.1. The summed E-state index contributed by atoms with van der Waals surface area (Å²) in [6, 6.07) is 23.3. The molecular weight excluding hydrogens is 567 g/mol. The Kier molecular flexibility index (Phi) is 10.2. The summed E-state index contributed by atoms with van der Waals surface area (Å²) < 4.78 is 22.0. The Hall–Kier alpha value is -4.53. The van der Waals surface area contributed by atoms with Crippen LogP contribution in [0.25, 0.3) is 0 Å². The summed E-state index contributed by atoms with van der Waals surface area (Å²) in [6.07, 6.45) is 1.46. The average Bonchev–Trinajstić information content (AvgIpc) is 2.98. The number of nitrogens with zero attached hydrogens (tertiary/aromatic N) is 1. The van der Waals surface area contributed by atoms with Crippen LogP contribution in [0.1, 0.15) is 38.8 Å². The third-order valence-corrected chi connectivity index (χ3v) is 6.29. The van der Waals surface area contributed by atoms with Gasteiger partial charge in [-0.2, -0.15) is 5.10 Å². The van der Waals surface area contributed by atoms with E-state index >= 15 is 0 Å². The fraction of sp³-hybridized carbons (Fsp3) is 0.129. The molecule has 4 rings (SSSR count). The third kappa shape index (κ3) is 8.23. The Labute approximate surface area is 247 Å². The predicted molar refractivity (Wildman–Crippen MR) is 158 cm³/mol. The largest absolute Gasteiger partial charge is 0.497 e. The summed E-state index contributed by atoms with van der Waals surface area (Å²) in [7, 11) is 1.55. The van der Waals surface area contributed by atoms with Crippen LogP contribution in [0.15, 0.2) is 90.0 Å². The van der Waals surface area contributed by atoms with Gasteiger partial charge in [-0.3, -0.25) is 4.79 Å². The van der Waals surface area contributed by atoms with Gasteiger partial charge >= 0.3 is 5.97 Å². The molecular formula is C31H26Cl2N2O6. The van der Waals surface area contributed by atoms with Crippen LogP contribution in [0.5, 0.6) is 23.0 Å². The van der Waals surface area contributed by atoms with Gasteiger partial charge in [0.25, 0.3) is 5.91 Å². The topological polar surface area (TPSA) is 95.5 Å². The highest BCUT2D eigenvalue weighted by Crippen LogP contribution is 2.29. The van der Waals surface area contributed by atoms with Crippen molar-refractivity contribution in [3.8, 4) is 23.0 Å². The molecule has 1 N–H and O–H groups in total. The lowest BCUT2D eigenvalue weighted by molar-refractivity contribution is 0.0728. The number of hydrazone groups is 1. The Balaban J connectivity index is 1.34. The lowest BCUT2D eigenvalue weighted by Gasteiger charge is -2.11. The van der Waals surface area contributed by atoms with Crippen LogP contribution in [0.3, 0.4) is 0 Å². The second-order valence-electron chi connectivity index (χ2n) is 8.51. The van der Waals surface area contributed by atoms with Crippen molar-refractivity contribution in [3.63, 3.8) is 0 Å². The smallest absolute Gasteiger partial charge is 0.343 e. The van der Waals surface area contributed by atoms with E-state index in [1.165, 1.54) is 6.21 Å². The molecule has 0 heterocycles. The number of halogens is 2. The fourth-order valence-corrected chi connectivity index (χ4v) is 4.04. The molecule has 0 radical (unpaired) electrons. The van der Waals surface area contributed by atoms with Crippen molar-refractivity contribution in [2.24, 2.45) is 5.10 Å². The zero-order chi connectivity index (χ0) is 29.2. The maximum atomic E-state index is 12.6. The number of carbonyl (C=O) groups excluding carboxylic acids is 2. The molecule has 4 aromatic carbocycles. The molecule has 0 aliphatic rings. The van der Waals surface area contributed by atoms with Gasteiger partial charge in [0.15, 0.2) is 11.5 Å². The van der Waals surface area contributed by atoms with Crippen LogP contribution in [-0.2, 0) is 6.61 Å². The maximum absolute atomic E-state index is 12.6. The number of amides is 1. The molecule has 0 fully saturated rings. The molecule has 0 saturated carbocycles. The number of hydrogen-bond acceptors (Lipinski definition) is 7. The van der Waals surface area contributed by atoms with Crippen LogP contribution in [-0.4, -0.2) is 31.8 Å². The number of hydrogen-bond donors (Lipinski definition) is 1.